The zero-order valence-corrected chi connectivity index (χ0v) is 13.3. The molecule has 4 heteroatoms. The standard InChI is InChI=1S/C16H29N3O/c1-13-7-10-16(11-8-13,18(2)3)15(20)6-5-14-9-12-17-19(14)4/h9,12-13,15,20H,5-8,10-11H2,1-4H3. The number of aliphatic hydroxyl groups is 1. The van der Waals surface area contributed by atoms with E-state index in [4.69, 9.17) is 0 Å². The first-order chi connectivity index (χ1) is 9.45. The fourth-order valence-corrected chi connectivity index (χ4v) is 3.54. The van der Waals surface area contributed by atoms with Gasteiger partial charge in [-0.2, -0.15) is 5.10 Å². The molecule has 1 aromatic rings. The highest BCUT2D eigenvalue weighted by Gasteiger charge is 2.41. The molecular formula is C16H29N3O. The van der Waals surface area contributed by atoms with Crippen molar-refractivity contribution in [2.24, 2.45) is 13.0 Å². The summed E-state index contributed by atoms with van der Waals surface area (Å²) in [6.45, 7) is 2.32. The van der Waals surface area contributed by atoms with Crippen molar-refractivity contribution >= 4 is 0 Å². The van der Waals surface area contributed by atoms with Crippen LogP contribution in [0.2, 0.25) is 0 Å². The molecule has 114 valence electrons. The van der Waals surface area contributed by atoms with Gasteiger partial charge in [0.2, 0.25) is 0 Å². The Labute approximate surface area is 122 Å². The van der Waals surface area contributed by atoms with E-state index in [0.29, 0.717) is 0 Å². The third-order valence-electron chi connectivity index (χ3n) is 5.25. The summed E-state index contributed by atoms with van der Waals surface area (Å²) in [5, 5.41) is 15.0. The summed E-state index contributed by atoms with van der Waals surface area (Å²) in [6.07, 6.45) is 7.92. The molecule has 0 saturated heterocycles. The molecule has 1 unspecified atom stereocenters. The third-order valence-corrected chi connectivity index (χ3v) is 5.25. The Balaban J connectivity index is 2.00. The number of rotatable bonds is 5. The van der Waals surface area contributed by atoms with Gasteiger partial charge in [-0.15, -0.1) is 0 Å². The SMILES string of the molecule is CC1CCC(C(O)CCc2ccnn2C)(N(C)C)CC1. The first kappa shape index (κ1) is 15.5. The Morgan fingerprint density at radius 1 is 1.45 bits per heavy atom. The highest BCUT2D eigenvalue weighted by molar-refractivity contribution is 5.03. The van der Waals surface area contributed by atoms with Crippen molar-refractivity contribution in [1.82, 2.24) is 14.7 Å². The first-order valence-corrected chi connectivity index (χ1v) is 7.78. The van der Waals surface area contributed by atoms with Gasteiger partial charge in [-0.25, -0.2) is 0 Å². The molecule has 1 fully saturated rings. The van der Waals surface area contributed by atoms with Gasteiger partial charge < -0.3 is 10.0 Å². The molecule has 4 nitrogen and oxygen atoms in total. The van der Waals surface area contributed by atoms with Crippen LogP contribution < -0.4 is 0 Å². The van der Waals surface area contributed by atoms with E-state index in [-0.39, 0.29) is 11.6 Å². The van der Waals surface area contributed by atoms with Crippen LogP contribution in [0, 0.1) is 5.92 Å². The number of likely N-dealkylation sites (N-methyl/N-ethyl adjacent to an activating group) is 1. The topological polar surface area (TPSA) is 41.3 Å². The monoisotopic (exact) mass is 279 g/mol. The van der Waals surface area contributed by atoms with E-state index in [1.807, 2.05) is 24.0 Å². The van der Waals surface area contributed by atoms with Gasteiger partial charge in [-0.3, -0.25) is 4.68 Å². The van der Waals surface area contributed by atoms with Crippen molar-refractivity contribution in [2.75, 3.05) is 14.1 Å². The average Bonchev–Trinajstić information content (AvgIpc) is 2.82. The molecule has 0 bridgehead atoms. The van der Waals surface area contributed by atoms with Gasteiger partial charge >= 0.3 is 0 Å². The van der Waals surface area contributed by atoms with E-state index in [0.717, 1.165) is 31.6 Å². The van der Waals surface area contributed by atoms with Gasteiger partial charge in [0.05, 0.1) is 6.10 Å². The molecular weight excluding hydrogens is 250 g/mol. The Bertz CT molecular complexity index is 419. The number of aromatic nitrogens is 2. The minimum atomic E-state index is -0.264. The molecule has 0 spiro atoms. The molecule has 2 rings (SSSR count). The van der Waals surface area contributed by atoms with Crippen molar-refractivity contribution in [1.29, 1.82) is 0 Å². The smallest absolute Gasteiger partial charge is 0.0727 e. The fraction of sp³-hybridized carbons (Fsp3) is 0.812. The summed E-state index contributed by atoms with van der Waals surface area (Å²) in [6, 6.07) is 2.04. The molecule has 1 heterocycles. The largest absolute Gasteiger partial charge is 0.391 e. The van der Waals surface area contributed by atoms with Crippen LogP contribution in [0.5, 0.6) is 0 Å². The highest BCUT2D eigenvalue weighted by atomic mass is 16.3. The first-order valence-electron chi connectivity index (χ1n) is 7.78. The maximum absolute atomic E-state index is 10.8. The number of nitrogens with zero attached hydrogens (tertiary/aromatic N) is 3. The summed E-state index contributed by atoms with van der Waals surface area (Å²) >= 11 is 0. The third kappa shape index (κ3) is 3.07. The van der Waals surface area contributed by atoms with Crippen LogP contribution in [0.1, 0.15) is 44.7 Å². The van der Waals surface area contributed by atoms with Gasteiger partial charge in [0.25, 0.3) is 0 Å². The van der Waals surface area contributed by atoms with Gasteiger partial charge in [0.15, 0.2) is 0 Å². The summed E-state index contributed by atoms with van der Waals surface area (Å²) in [5.74, 6) is 0.798. The number of aryl methyl sites for hydroxylation is 2. The lowest BCUT2D eigenvalue weighted by Gasteiger charge is -2.47. The van der Waals surface area contributed by atoms with Gasteiger partial charge in [0.1, 0.15) is 0 Å². The Hall–Kier alpha value is -0.870. The second-order valence-electron chi connectivity index (χ2n) is 6.68. The van der Waals surface area contributed by atoms with E-state index in [2.05, 4.69) is 31.0 Å². The van der Waals surface area contributed by atoms with Crippen molar-refractivity contribution in [3.63, 3.8) is 0 Å². The van der Waals surface area contributed by atoms with Gasteiger partial charge in [-0.05, 0) is 64.6 Å². The predicted octanol–water partition coefficient (Wildman–Crippen LogP) is 2.22. The van der Waals surface area contributed by atoms with Crippen molar-refractivity contribution < 1.29 is 5.11 Å². The number of aliphatic hydroxyl groups excluding tert-OH is 1. The van der Waals surface area contributed by atoms with Gasteiger partial charge in [0, 0.05) is 24.5 Å². The lowest BCUT2D eigenvalue weighted by Crippen LogP contribution is -2.55. The van der Waals surface area contributed by atoms with Crippen LogP contribution in [0.4, 0.5) is 0 Å². The highest BCUT2D eigenvalue weighted by Crippen LogP contribution is 2.38. The van der Waals surface area contributed by atoms with E-state index in [1.165, 1.54) is 18.5 Å². The summed E-state index contributed by atoms with van der Waals surface area (Å²) in [7, 11) is 6.19. The fourth-order valence-electron chi connectivity index (χ4n) is 3.54. The lowest BCUT2D eigenvalue weighted by molar-refractivity contribution is -0.0424. The molecule has 0 radical (unpaired) electrons. The summed E-state index contributed by atoms with van der Waals surface area (Å²) < 4.78 is 1.90. The van der Waals surface area contributed by atoms with Crippen LogP contribution in [-0.2, 0) is 13.5 Å². The molecule has 1 aromatic heterocycles. The maximum Gasteiger partial charge on any atom is 0.0727 e. The Morgan fingerprint density at radius 3 is 2.60 bits per heavy atom. The zero-order chi connectivity index (χ0) is 14.8. The van der Waals surface area contributed by atoms with Crippen LogP contribution in [0.3, 0.4) is 0 Å². The summed E-state index contributed by atoms with van der Waals surface area (Å²) in [4.78, 5) is 2.26. The molecule has 1 atom stereocenters. The number of hydrogen-bond acceptors (Lipinski definition) is 3. The van der Waals surface area contributed by atoms with Gasteiger partial charge in [-0.1, -0.05) is 6.92 Å². The summed E-state index contributed by atoms with van der Waals surface area (Å²) in [5.41, 5.74) is 1.16. The quantitative estimate of drug-likeness (QED) is 0.898. The van der Waals surface area contributed by atoms with Crippen molar-refractivity contribution in [3.05, 3.63) is 18.0 Å². The van der Waals surface area contributed by atoms with Crippen LogP contribution in [0.15, 0.2) is 12.3 Å². The van der Waals surface area contributed by atoms with E-state index >= 15 is 0 Å². The van der Waals surface area contributed by atoms with E-state index in [9.17, 15) is 5.11 Å². The minimum absolute atomic E-state index is 0.0366. The average molecular weight is 279 g/mol. The van der Waals surface area contributed by atoms with E-state index in [1.54, 1.807) is 0 Å². The molecule has 20 heavy (non-hydrogen) atoms. The zero-order valence-electron chi connectivity index (χ0n) is 13.3. The van der Waals surface area contributed by atoms with Crippen LogP contribution in [0.25, 0.3) is 0 Å². The molecule has 1 aliphatic carbocycles. The van der Waals surface area contributed by atoms with Crippen molar-refractivity contribution in [2.45, 2.75) is 57.1 Å². The van der Waals surface area contributed by atoms with Crippen molar-refractivity contribution in [3.8, 4) is 0 Å². The second-order valence-corrected chi connectivity index (χ2v) is 6.68. The second kappa shape index (κ2) is 6.27. The van der Waals surface area contributed by atoms with E-state index < -0.39 is 0 Å². The molecule has 1 N–H and O–H groups in total. The predicted molar refractivity (Wildman–Crippen MR) is 81.6 cm³/mol. The Morgan fingerprint density at radius 2 is 2.10 bits per heavy atom. The molecule has 1 saturated carbocycles. The normalized spacial score (nSPS) is 28.8. The maximum atomic E-state index is 10.8. The molecule has 0 aliphatic heterocycles. The lowest BCUT2D eigenvalue weighted by atomic mass is 9.72. The number of hydrogen-bond donors (Lipinski definition) is 1. The minimum Gasteiger partial charge on any atom is -0.391 e. The molecule has 1 aliphatic rings. The Kier molecular flexibility index (Phi) is 4.86. The molecule has 0 amide bonds. The molecule has 0 aromatic carbocycles. The van der Waals surface area contributed by atoms with Crippen LogP contribution in [-0.4, -0.2) is 45.5 Å². The van der Waals surface area contributed by atoms with Crippen LogP contribution >= 0.6 is 0 Å².